The molecule has 0 aliphatic carbocycles. The van der Waals surface area contributed by atoms with Crippen molar-refractivity contribution in [2.24, 2.45) is 0 Å². The summed E-state index contributed by atoms with van der Waals surface area (Å²) in [6.07, 6.45) is 0. The number of hydrogen-bond donors (Lipinski definition) is 6. The monoisotopic (exact) mass is 743 g/mol. The third-order valence-electron chi connectivity index (χ3n) is 8.61. The van der Waals surface area contributed by atoms with Crippen LogP contribution in [0.2, 0.25) is 0 Å². The lowest BCUT2D eigenvalue weighted by molar-refractivity contribution is 0.368. The average molecular weight is 743 g/mol. The van der Waals surface area contributed by atoms with Gasteiger partial charge in [-0.05, 0) is 86.6 Å². The van der Waals surface area contributed by atoms with Crippen LogP contribution >= 0.6 is 8.60 Å². The Labute approximate surface area is 319 Å². The molecule has 3 aromatic rings. The summed E-state index contributed by atoms with van der Waals surface area (Å²) in [4.78, 5) is 21.7. The molecule has 0 heterocycles. The van der Waals surface area contributed by atoms with Crippen molar-refractivity contribution in [2.75, 3.05) is 0 Å². The van der Waals surface area contributed by atoms with E-state index in [1.54, 1.807) is 0 Å². The minimum absolute atomic E-state index is 0.0178. The van der Waals surface area contributed by atoms with Crippen molar-refractivity contribution >= 4 is 8.60 Å². The molecule has 0 saturated carbocycles. The van der Waals surface area contributed by atoms with Crippen molar-refractivity contribution in [2.45, 2.75) is 178 Å². The summed E-state index contributed by atoms with van der Waals surface area (Å²) in [5, 5.41) is 31.2. The Morgan fingerprint density at radius 1 is 0.308 bits per heavy atom. The Morgan fingerprint density at radius 2 is 0.404 bits per heavy atom. The van der Waals surface area contributed by atoms with E-state index in [2.05, 4.69) is 182 Å². The highest BCUT2D eigenvalue weighted by molar-refractivity contribution is 7.38. The molecule has 0 aromatic heterocycles. The maximum Gasteiger partial charge on any atom is 0.324 e. The number of hydrogen-bond acceptors (Lipinski definition) is 6. The lowest BCUT2D eigenvalue weighted by Crippen LogP contribution is -2.17. The Hall–Kier alpha value is -2.63. The third kappa shape index (κ3) is 15.4. The summed E-state index contributed by atoms with van der Waals surface area (Å²) >= 11 is 0. The first-order valence-corrected chi connectivity index (χ1v) is 19.4. The molecule has 3 aromatic carbocycles. The molecule has 6 nitrogen and oxygen atoms in total. The first-order chi connectivity index (χ1) is 22.8. The molecule has 0 unspecified atom stereocenters. The quantitative estimate of drug-likeness (QED) is 0.128. The van der Waals surface area contributed by atoms with Crippen LogP contribution < -0.4 is 0 Å². The van der Waals surface area contributed by atoms with Gasteiger partial charge in [-0.15, -0.1) is 0 Å². The van der Waals surface area contributed by atoms with E-state index in [-0.39, 0.29) is 32.5 Å². The van der Waals surface area contributed by atoms with Gasteiger partial charge in [-0.3, -0.25) is 0 Å². The Bertz CT molecular complexity index is 1310. The van der Waals surface area contributed by atoms with E-state index in [0.717, 1.165) is 33.4 Å². The van der Waals surface area contributed by atoms with Gasteiger partial charge < -0.3 is 30.0 Å². The third-order valence-corrected chi connectivity index (χ3v) is 8.61. The predicted molar refractivity (Wildman–Crippen MR) is 224 cm³/mol. The van der Waals surface area contributed by atoms with Gasteiger partial charge in [0.05, 0.1) is 0 Å². The van der Waals surface area contributed by atoms with Gasteiger partial charge in [0.2, 0.25) is 0 Å². The van der Waals surface area contributed by atoms with Crippen LogP contribution in [0.3, 0.4) is 0 Å². The Kier molecular flexibility index (Phi) is 16.8. The topological polar surface area (TPSA) is 121 Å². The fourth-order valence-electron chi connectivity index (χ4n) is 5.77. The molecule has 0 fully saturated rings. The van der Waals surface area contributed by atoms with Crippen molar-refractivity contribution in [3.05, 3.63) is 86.5 Å². The van der Waals surface area contributed by atoms with Crippen molar-refractivity contribution in [3.8, 4) is 17.2 Å². The van der Waals surface area contributed by atoms with Gasteiger partial charge >= 0.3 is 8.60 Å². The molecule has 0 atom stereocenters. The summed E-state index contributed by atoms with van der Waals surface area (Å²) < 4.78 is 0. The number of phenolic OH excluding ortho intramolecular Hbond substituents is 3. The highest BCUT2D eigenvalue weighted by atomic mass is 31.2. The average Bonchev–Trinajstić information content (AvgIpc) is 2.88. The van der Waals surface area contributed by atoms with E-state index >= 15 is 0 Å². The zero-order valence-electron chi connectivity index (χ0n) is 36.6. The molecule has 6 N–H and O–H groups in total. The molecule has 0 spiro atoms. The maximum absolute atomic E-state index is 10.4. The second kappa shape index (κ2) is 17.7. The smallest absolute Gasteiger partial charge is 0.324 e. The Morgan fingerprint density at radius 3 is 0.481 bits per heavy atom. The zero-order chi connectivity index (χ0) is 41.7. The van der Waals surface area contributed by atoms with Crippen molar-refractivity contribution < 1.29 is 30.0 Å². The van der Waals surface area contributed by atoms with Crippen LogP contribution in [0.1, 0.15) is 175 Å². The zero-order valence-corrected chi connectivity index (χ0v) is 37.5. The van der Waals surface area contributed by atoms with E-state index < -0.39 is 8.60 Å². The largest absolute Gasteiger partial charge is 0.507 e. The number of phenols is 3. The minimum atomic E-state index is -2.62. The normalized spacial score (nSPS) is 12.6. The molecule has 0 aliphatic rings. The summed E-state index contributed by atoms with van der Waals surface area (Å²) in [5.74, 6) is 1.39. The molecule has 0 radical (unpaired) electrons. The first-order valence-electron chi connectivity index (χ1n) is 18.2. The summed E-state index contributed by atoms with van der Waals surface area (Å²) in [7, 11) is -2.62. The van der Waals surface area contributed by atoms with Gasteiger partial charge in [0.25, 0.3) is 0 Å². The molecule has 7 heteroatoms. The molecule has 0 amide bonds. The van der Waals surface area contributed by atoms with Crippen LogP contribution in [0.5, 0.6) is 17.2 Å². The first kappa shape index (κ1) is 49.4. The highest BCUT2D eigenvalue weighted by Gasteiger charge is 2.28. The van der Waals surface area contributed by atoms with Crippen LogP contribution in [0.4, 0.5) is 0 Å². The van der Waals surface area contributed by atoms with Crippen LogP contribution in [0, 0.1) is 20.8 Å². The molecular formula is C45H75O6P. The summed E-state index contributed by atoms with van der Waals surface area (Å²) in [5.41, 5.74) is 9.78. The number of rotatable bonds is 0. The fourth-order valence-corrected chi connectivity index (χ4v) is 5.77. The number of aromatic hydroxyl groups is 3. The molecular weight excluding hydrogens is 667 g/mol. The van der Waals surface area contributed by atoms with Crippen molar-refractivity contribution in [1.82, 2.24) is 0 Å². The molecule has 0 saturated heterocycles. The van der Waals surface area contributed by atoms with E-state index in [0.29, 0.717) is 17.2 Å². The van der Waals surface area contributed by atoms with Crippen LogP contribution in [-0.2, 0) is 32.5 Å². The standard InChI is InChI=1S/3C15H24O.H3O3P/c3*1-10-8-11(14(2,3)4)13(16)12(9-10)15(5,6)7;1-4(2)3/h3*8-9,16H,1-7H3;1-3H. The summed E-state index contributed by atoms with van der Waals surface area (Å²) in [6.45, 7) is 44.7. The maximum atomic E-state index is 10.4. The van der Waals surface area contributed by atoms with Gasteiger partial charge in [0, 0.05) is 0 Å². The summed E-state index contributed by atoms with van der Waals surface area (Å²) in [6, 6.07) is 12.5. The SMILES string of the molecule is Cc1cc(C(C)(C)C)c(O)c(C(C)(C)C)c1.Cc1cc(C(C)(C)C)c(O)c(C(C)(C)C)c1.Cc1cc(C(C)(C)C)c(O)c(C(C)(C)C)c1.OP(O)O. The lowest BCUT2D eigenvalue weighted by Gasteiger charge is -2.27. The van der Waals surface area contributed by atoms with E-state index in [9.17, 15) is 15.3 Å². The van der Waals surface area contributed by atoms with Crippen molar-refractivity contribution in [3.63, 3.8) is 0 Å². The van der Waals surface area contributed by atoms with E-state index in [1.807, 2.05) is 0 Å². The molecule has 296 valence electrons. The van der Waals surface area contributed by atoms with Crippen molar-refractivity contribution in [1.29, 1.82) is 0 Å². The van der Waals surface area contributed by atoms with Gasteiger partial charge in [-0.25, -0.2) is 0 Å². The molecule has 0 bridgehead atoms. The van der Waals surface area contributed by atoms with E-state index in [4.69, 9.17) is 14.7 Å². The molecule has 52 heavy (non-hydrogen) atoms. The molecule has 3 rings (SSSR count). The lowest BCUT2D eigenvalue weighted by atomic mass is 9.78. The highest BCUT2D eigenvalue weighted by Crippen LogP contribution is 2.42. The van der Waals surface area contributed by atoms with Gasteiger partial charge in [0.1, 0.15) is 17.2 Å². The van der Waals surface area contributed by atoms with Gasteiger partial charge in [-0.2, -0.15) is 0 Å². The number of benzene rings is 3. The number of aryl methyl sites for hydroxylation is 3. The fraction of sp³-hybridized carbons (Fsp3) is 0.600. The van der Waals surface area contributed by atoms with Gasteiger partial charge in [-0.1, -0.05) is 178 Å². The molecule has 0 aliphatic heterocycles. The Balaban J connectivity index is 0.000000712. The second-order valence-electron chi connectivity index (χ2n) is 20.4. The minimum Gasteiger partial charge on any atom is -0.507 e. The van der Waals surface area contributed by atoms with Gasteiger partial charge in [0.15, 0.2) is 0 Å². The predicted octanol–water partition coefficient (Wildman–Crippen LogP) is 12.1. The second-order valence-corrected chi connectivity index (χ2v) is 20.9. The van der Waals surface area contributed by atoms with Crippen LogP contribution in [-0.4, -0.2) is 30.0 Å². The van der Waals surface area contributed by atoms with E-state index in [1.165, 1.54) is 16.7 Å². The van der Waals surface area contributed by atoms with Crippen LogP contribution in [0.25, 0.3) is 0 Å². The van der Waals surface area contributed by atoms with Crippen LogP contribution in [0.15, 0.2) is 36.4 Å².